The number of hydrogen-bond donors (Lipinski definition) is 2. The third-order valence-corrected chi connectivity index (χ3v) is 4.29. The lowest BCUT2D eigenvalue weighted by molar-refractivity contribution is 0.106. The van der Waals surface area contributed by atoms with Gasteiger partial charge in [-0.05, 0) is 31.9 Å². The number of hydrogen-bond acceptors (Lipinski definition) is 4. The van der Waals surface area contributed by atoms with E-state index < -0.39 is 0 Å². The number of aliphatic hydroxyl groups excluding tert-OH is 1. The molecular formula is C16H26N2O2. The third-order valence-electron chi connectivity index (χ3n) is 4.29. The van der Waals surface area contributed by atoms with Gasteiger partial charge >= 0.3 is 0 Å². The molecule has 0 bridgehead atoms. The number of nitrogens with zero attached hydrogens (tertiary/aromatic N) is 1. The van der Waals surface area contributed by atoms with Crippen LogP contribution in [-0.2, 0) is 0 Å². The van der Waals surface area contributed by atoms with E-state index in [4.69, 9.17) is 10.5 Å². The molecule has 1 fully saturated rings. The Bertz CT molecular complexity index is 448. The maximum atomic E-state index is 10.3. The quantitative estimate of drug-likeness (QED) is 0.888. The van der Waals surface area contributed by atoms with Crippen molar-refractivity contribution in [3.8, 4) is 5.75 Å². The summed E-state index contributed by atoms with van der Waals surface area (Å²) in [7, 11) is 3.71. The lowest BCUT2D eigenvalue weighted by Gasteiger charge is -2.38. The van der Waals surface area contributed by atoms with Crippen molar-refractivity contribution in [3.63, 3.8) is 0 Å². The van der Waals surface area contributed by atoms with Crippen LogP contribution in [0.5, 0.6) is 5.75 Å². The molecule has 0 spiro atoms. The molecule has 1 aromatic rings. The van der Waals surface area contributed by atoms with Crippen molar-refractivity contribution in [2.75, 3.05) is 19.1 Å². The highest BCUT2D eigenvalue weighted by atomic mass is 16.5. The average molecular weight is 278 g/mol. The molecule has 112 valence electrons. The molecule has 2 rings (SSSR count). The minimum absolute atomic E-state index is 0.107. The van der Waals surface area contributed by atoms with E-state index in [0.717, 1.165) is 36.3 Å². The molecule has 4 nitrogen and oxygen atoms in total. The molecule has 1 saturated carbocycles. The van der Waals surface area contributed by atoms with Gasteiger partial charge in [-0.25, -0.2) is 0 Å². The Kier molecular flexibility index (Phi) is 4.89. The average Bonchev–Trinajstić information content (AvgIpc) is 2.46. The van der Waals surface area contributed by atoms with Crippen LogP contribution < -0.4 is 15.4 Å². The van der Waals surface area contributed by atoms with E-state index in [1.807, 2.05) is 26.1 Å². The van der Waals surface area contributed by atoms with E-state index in [0.29, 0.717) is 0 Å². The number of ether oxygens (including phenoxy) is 1. The highest BCUT2D eigenvalue weighted by Gasteiger charge is 2.29. The monoisotopic (exact) mass is 278 g/mol. The highest BCUT2D eigenvalue weighted by molar-refractivity contribution is 5.61. The molecule has 1 aliphatic rings. The molecule has 0 aliphatic heterocycles. The van der Waals surface area contributed by atoms with Crippen molar-refractivity contribution in [1.29, 1.82) is 0 Å². The molecule has 0 saturated heterocycles. The molecular weight excluding hydrogens is 252 g/mol. The molecule has 0 radical (unpaired) electrons. The number of methoxy groups -OCH3 is 1. The number of benzene rings is 1. The number of aliphatic hydroxyl groups is 1. The van der Waals surface area contributed by atoms with Gasteiger partial charge < -0.3 is 20.5 Å². The summed E-state index contributed by atoms with van der Waals surface area (Å²) in [5.74, 6) is 0.814. The predicted molar refractivity (Wildman–Crippen MR) is 82.3 cm³/mol. The van der Waals surface area contributed by atoms with E-state index in [1.165, 1.54) is 6.42 Å². The van der Waals surface area contributed by atoms with Gasteiger partial charge in [-0.15, -0.1) is 0 Å². The van der Waals surface area contributed by atoms with Crippen molar-refractivity contribution in [2.24, 2.45) is 5.73 Å². The fourth-order valence-corrected chi connectivity index (χ4v) is 3.20. The van der Waals surface area contributed by atoms with Crippen LogP contribution in [0.2, 0.25) is 0 Å². The van der Waals surface area contributed by atoms with Gasteiger partial charge in [0.1, 0.15) is 5.75 Å². The molecule has 1 aliphatic carbocycles. The van der Waals surface area contributed by atoms with Crippen molar-refractivity contribution < 1.29 is 9.84 Å². The maximum Gasteiger partial charge on any atom is 0.125 e. The van der Waals surface area contributed by atoms with Crippen LogP contribution in [0.25, 0.3) is 0 Å². The molecule has 0 amide bonds. The van der Waals surface area contributed by atoms with Crippen LogP contribution >= 0.6 is 0 Å². The standard InChI is InChI=1S/C16H26N2O2/c1-11(17)16-13(8-6-10-15(16)20-3)18(2)12-7-4-5-9-14(12)19/h6,8,10-12,14,19H,4-5,7,9,17H2,1-3H3/t11-,12?,14?/m0/s1. The summed E-state index contributed by atoms with van der Waals surface area (Å²) < 4.78 is 5.44. The Morgan fingerprint density at radius 1 is 1.35 bits per heavy atom. The van der Waals surface area contributed by atoms with Crippen LogP contribution in [0.4, 0.5) is 5.69 Å². The lowest BCUT2D eigenvalue weighted by Crippen LogP contribution is -2.44. The van der Waals surface area contributed by atoms with Crippen molar-refractivity contribution >= 4 is 5.69 Å². The predicted octanol–water partition coefficient (Wildman–Crippen LogP) is 2.45. The van der Waals surface area contributed by atoms with Gasteiger partial charge in [0.05, 0.1) is 19.3 Å². The second-order valence-corrected chi connectivity index (χ2v) is 5.71. The van der Waals surface area contributed by atoms with E-state index in [1.54, 1.807) is 7.11 Å². The smallest absolute Gasteiger partial charge is 0.125 e. The first-order chi connectivity index (χ1) is 9.56. The molecule has 1 aromatic carbocycles. The van der Waals surface area contributed by atoms with Crippen molar-refractivity contribution in [2.45, 2.75) is 50.8 Å². The highest BCUT2D eigenvalue weighted by Crippen LogP contribution is 2.36. The van der Waals surface area contributed by atoms with Crippen LogP contribution in [0.15, 0.2) is 18.2 Å². The molecule has 0 heterocycles. The summed E-state index contributed by atoms with van der Waals surface area (Å²) in [6.07, 6.45) is 3.92. The number of nitrogens with two attached hydrogens (primary N) is 1. The molecule has 4 heteroatoms. The summed E-state index contributed by atoms with van der Waals surface area (Å²) in [6.45, 7) is 1.96. The summed E-state index contributed by atoms with van der Waals surface area (Å²) in [5, 5.41) is 10.3. The van der Waals surface area contributed by atoms with Gasteiger partial charge in [0, 0.05) is 24.3 Å². The second-order valence-electron chi connectivity index (χ2n) is 5.71. The number of anilines is 1. The topological polar surface area (TPSA) is 58.7 Å². The molecule has 3 atom stereocenters. The van der Waals surface area contributed by atoms with Crippen LogP contribution in [-0.4, -0.2) is 31.4 Å². The molecule has 3 N–H and O–H groups in total. The first-order valence-corrected chi connectivity index (χ1v) is 7.39. The first-order valence-electron chi connectivity index (χ1n) is 7.39. The van der Waals surface area contributed by atoms with Gasteiger partial charge in [0.15, 0.2) is 0 Å². The second kappa shape index (κ2) is 6.46. The van der Waals surface area contributed by atoms with Gasteiger partial charge in [-0.3, -0.25) is 0 Å². The Labute approximate surface area is 121 Å². The zero-order valence-electron chi connectivity index (χ0n) is 12.7. The maximum absolute atomic E-state index is 10.3. The van der Waals surface area contributed by atoms with Crippen LogP contribution in [0, 0.1) is 0 Å². The third kappa shape index (κ3) is 2.91. The van der Waals surface area contributed by atoms with Crippen LogP contribution in [0.1, 0.15) is 44.2 Å². The van der Waals surface area contributed by atoms with E-state index in [2.05, 4.69) is 11.0 Å². The fourth-order valence-electron chi connectivity index (χ4n) is 3.20. The van der Waals surface area contributed by atoms with Gasteiger partial charge in [-0.2, -0.15) is 0 Å². The Morgan fingerprint density at radius 3 is 2.65 bits per heavy atom. The summed E-state index contributed by atoms with van der Waals surface area (Å²) in [4.78, 5) is 2.17. The number of rotatable bonds is 4. The van der Waals surface area contributed by atoms with Crippen molar-refractivity contribution in [1.82, 2.24) is 0 Å². The van der Waals surface area contributed by atoms with E-state index in [-0.39, 0.29) is 18.2 Å². The van der Waals surface area contributed by atoms with Gasteiger partial charge in [0.2, 0.25) is 0 Å². The largest absolute Gasteiger partial charge is 0.496 e. The van der Waals surface area contributed by atoms with Crippen LogP contribution in [0.3, 0.4) is 0 Å². The SMILES string of the molecule is COc1cccc(N(C)C2CCCCC2O)c1[C@H](C)N. The Hall–Kier alpha value is -1.26. The first kappa shape index (κ1) is 15.1. The van der Waals surface area contributed by atoms with E-state index >= 15 is 0 Å². The minimum Gasteiger partial charge on any atom is -0.496 e. The fraction of sp³-hybridized carbons (Fsp3) is 0.625. The molecule has 2 unspecified atom stereocenters. The van der Waals surface area contributed by atoms with Gasteiger partial charge in [0.25, 0.3) is 0 Å². The van der Waals surface area contributed by atoms with E-state index in [9.17, 15) is 5.11 Å². The summed E-state index contributed by atoms with van der Waals surface area (Å²) in [6, 6.07) is 6.03. The zero-order valence-corrected chi connectivity index (χ0v) is 12.7. The zero-order chi connectivity index (χ0) is 14.7. The Morgan fingerprint density at radius 2 is 2.05 bits per heavy atom. The summed E-state index contributed by atoms with van der Waals surface area (Å²) >= 11 is 0. The van der Waals surface area contributed by atoms with Crippen molar-refractivity contribution in [3.05, 3.63) is 23.8 Å². The number of likely N-dealkylation sites (N-methyl/N-ethyl adjacent to an activating group) is 1. The normalized spacial score (nSPS) is 24.2. The van der Waals surface area contributed by atoms with Gasteiger partial charge in [-0.1, -0.05) is 18.9 Å². The summed E-state index contributed by atoms with van der Waals surface area (Å²) in [5.41, 5.74) is 8.19. The Balaban J connectivity index is 2.35. The molecule has 0 aromatic heterocycles. The minimum atomic E-state index is -0.263. The molecule has 20 heavy (non-hydrogen) atoms. The lowest BCUT2D eigenvalue weighted by atomic mass is 9.90.